The Morgan fingerprint density at radius 2 is 1.69 bits per heavy atom. The van der Waals surface area contributed by atoms with Gasteiger partial charge < -0.3 is 14.7 Å². The molecular formula is C21H29NO4. The zero-order valence-corrected chi connectivity index (χ0v) is 15.9. The number of hydrogen-bond donors (Lipinski definition) is 1. The van der Waals surface area contributed by atoms with Gasteiger partial charge in [-0.1, -0.05) is 30.3 Å². The van der Waals surface area contributed by atoms with Crippen LogP contribution in [-0.2, 0) is 9.53 Å². The first-order valence-corrected chi connectivity index (χ1v) is 9.55. The van der Waals surface area contributed by atoms with Gasteiger partial charge in [0.05, 0.1) is 5.92 Å². The molecule has 2 unspecified atom stereocenters. The van der Waals surface area contributed by atoms with Gasteiger partial charge in [0.15, 0.2) is 0 Å². The molecule has 2 atom stereocenters. The van der Waals surface area contributed by atoms with Crippen LogP contribution in [0.15, 0.2) is 30.3 Å². The maximum Gasteiger partial charge on any atom is 0.410 e. The van der Waals surface area contributed by atoms with Crippen molar-refractivity contribution in [1.29, 1.82) is 0 Å². The van der Waals surface area contributed by atoms with Gasteiger partial charge in [-0.3, -0.25) is 4.79 Å². The minimum atomic E-state index is -0.721. The van der Waals surface area contributed by atoms with E-state index >= 15 is 0 Å². The van der Waals surface area contributed by atoms with E-state index in [-0.39, 0.29) is 24.1 Å². The van der Waals surface area contributed by atoms with Crippen LogP contribution in [0.4, 0.5) is 4.79 Å². The van der Waals surface area contributed by atoms with E-state index < -0.39 is 11.6 Å². The highest BCUT2D eigenvalue weighted by Gasteiger charge is 2.49. The second-order valence-electron chi connectivity index (χ2n) is 8.55. The zero-order chi connectivity index (χ0) is 18.9. The summed E-state index contributed by atoms with van der Waals surface area (Å²) in [6.07, 6.45) is 3.40. The summed E-state index contributed by atoms with van der Waals surface area (Å²) in [7, 11) is 0. The molecule has 0 bridgehead atoms. The monoisotopic (exact) mass is 359 g/mol. The van der Waals surface area contributed by atoms with Gasteiger partial charge in [0, 0.05) is 18.0 Å². The molecule has 1 amide bonds. The van der Waals surface area contributed by atoms with Crippen molar-refractivity contribution in [2.24, 2.45) is 5.92 Å². The number of carboxylic acids is 1. The van der Waals surface area contributed by atoms with Crippen LogP contribution in [0.3, 0.4) is 0 Å². The molecule has 26 heavy (non-hydrogen) atoms. The summed E-state index contributed by atoms with van der Waals surface area (Å²) in [5.41, 5.74) is 0.718. The van der Waals surface area contributed by atoms with E-state index in [9.17, 15) is 14.7 Å². The molecule has 0 aliphatic heterocycles. The molecule has 1 aromatic carbocycles. The first-order chi connectivity index (χ1) is 12.3. The van der Waals surface area contributed by atoms with Gasteiger partial charge in [0.25, 0.3) is 0 Å². The highest BCUT2D eigenvalue weighted by Crippen LogP contribution is 2.47. The second-order valence-corrected chi connectivity index (χ2v) is 8.55. The molecule has 2 saturated carbocycles. The summed E-state index contributed by atoms with van der Waals surface area (Å²) < 4.78 is 5.68. The van der Waals surface area contributed by atoms with E-state index in [0.717, 1.165) is 19.3 Å². The molecule has 1 N–H and O–H groups in total. The van der Waals surface area contributed by atoms with Gasteiger partial charge in [0.1, 0.15) is 5.60 Å². The Balaban J connectivity index is 1.73. The summed E-state index contributed by atoms with van der Waals surface area (Å²) in [5.74, 6) is -0.655. The zero-order valence-electron chi connectivity index (χ0n) is 15.9. The fourth-order valence-corrected chi connectivity index (χ4v) is 4.02. The normalized spacial score (nSPS) is 28.3. The second kappa shape index (κ2) is 7.29. The third-order valence-corrected chi connectivity index (χ3v) is 5.39. The van der Waals surface area contributed by atoms with Crippen molar-refractivity contribution >= 4 is 12.1 Å². The van der Waals surface area contributed by atoms with Crippen molar-refractivity contribution in [1.82, 2.24) is 4.90 Å². The number of ether oxygens (including phenoxy) is 1. The van der Waals surface area contributed by atoms with E-state index in [1.807, 2.05) is 43.9 Å². The van der Waals surface area contributed by atoms with Crippen molar-refractivity contribution < 1.29 is 19.4 Å². The molecular weight excluding hydrogens is 330 g/mol. The van der Waals surface area contributed by atoms with Crippen LogP contribution in [-0.4, -0.2) is 39.8 Å². The summed E-state index contributed by atoms with van der Waals surface area (Å²) in [5, 5.41) is 9.23. The summed E-state index contributed by atoms with van der Waals surface area (Å²) >= 11 is 0. The van der Waals surface area contributed by atoms with Gasteiger partial charge in [-0.2, -0.15) is 0 Å². The lowest BCUT2D eigenvalue weighted by molar-refractivity contribution is -0.143. The van der Waals surface area contributed by atoms with Crippen molar-refractivity contribution in [2.45, 2.75) is 76.5 Å². The number of amides is 1. The van der Waals surface area contributed by atoms with E-state index in [0.29, 0.717) is 18.8 Å². The lowest BCUT2D eigenvalue weighted by Gasteiger charge is -2.37. The maximum atomic E-state index is 12.9. The molecule has 0 heterocycles. The largest absolute Gasteiger partial charge is 0.481 e. The number of benzene rings is 1. The average Bonchev–Trinajstić information content (AvgIpc) is 3.35. The SMILES string of the molecule is CC(C)(C)OC(=O)N(C1CCC(C(=O)O)CC1)C1CC1c1ccccc1. The van der Waals surface area contributed by atoms with E-state index in [1.54, 1.807) is 0 Å². The summed E-state index contributed by atoms with van der Waals surface area (Å²) in [6, 6.07) is 10.5. The molecule has 0 aromatic heterocycles. The van der Waals surface area contributed by atoms with Crippen molar-refractivity contribution in [3.05, 3.63) is 35.9 Å². The van der Waals surface area contributed by atoms with Gasteiger partial charge >= 0.3 is 12.1 Å². The molecule has 2 fully saturated rings. The Morgan fingerprint density at radius 3 is 2.23 bits per heavy atom. The maximum absolute atomic E-state index is 12.9. The standard InChI is InChI=1S/C21H29NO4/c1-21(2,3)26-20(25)22(16-11-9-15(10-12-16)19(23)24)18-13-17(18)14-7-5-4-6-8-14/h4-8,15-18H,9-13H2,1-3H3,(H,23,24). The Hall–Kier alpha value is -2.04. The lowest BCUT2D eigenvalue weighted by atomic mass is 9.85. The molecule has 2 aliphatic rings. The summed E-state index contributed by atoms with van der Waals surface area (Å²) in [6.45, 7) is 5.64. The molecule has 3 rings (SSSR count). The third-order valence-electron chi connectivity index (χ3n) is 5.39. The van der Waals surface area contributed by atoms with E-state index in [4.69, 9.17) is 4.74 Å². The smallest absolute Gasteiger partial charge is 0.410 e. The van der Waals surface area contributed by atoms with E-state index in [1.165, 1.54) is 5.56 Å². The molecule has 142 valence electrons. The number of carbonyl (C=O) groups is 2. The quantitative estimate of drug-likeness (QED) is 0.864. The minimum Gasteiger partial charge on any atom is -0.481 e. The number of rotatable bonds is 4. The molecule has 0 spiro atoms. The first-order valence-electron chi connectivity index (χ1n) is 9.55. The first kappa shape index (κ1) is 18.7. The molecule has 5 nitrogen and oxygen atoms in total. The van der Waals surface area contributed by atoms with Crippen LogP contribution in [0.25, 0.3) is 0 Å². The van der Waals surface area contributed by atoms with Crippen molar-refractivity contribution in [2.75, 3.05) is 0 Å². The Kier molecular flexibility index (Phi) is 5.26. The van der Waals surface area contributed by atoms with E-state index in [2.05, 4.69) is 12.1 Å². The van der Waals surface area contributed by atoms with Gasteiger partial charge in [-0.25, -0.2) is 4.79 Å². The summed E-state index contributed by atoms with van der Waals surface area (Å²) in [4.78, 5) is 26.1. The fraction of sp³-hybridized carbons (Fsp3) is 0.619. The molecule has 0 radical (unpaired) electrons. The average molecular weight is 359 g/mol. The molecule has 2 aliphatic carbocycles. The minimum absolute atomic E-state index is 0.0687. The van der Waals surface area contributed by atoms with Crippen LogP contribution in [0.5, 0.6) is 0 Å². The highest BCUT2D eigenvalue weighted by molar-refractivity contribution is 5.71. The fourth-order valence-electron chi connectivity index (χ4n) is 4.02. The lowest BCUT2D eigenvalue weighted by Crippen LogP contribution is -2.47. The Labute approximate surface area is 155 Å². The van der Waals surface area contributed by atoms with Gasteiger partial charge in [-0.15, -0.1) is 0 Å². The van der Waals surface area contributed by atoms with Crippen LogP contribution < -0.4 is 0 Å². The number of nitrogens with zero attached hydrogens (tertiary/aromatic N) is 1. The molecule has 0 saturated heterocycles. The predicted molar refractivity (Wildman–Crippen MR) is 99.0 cm³/mol. The van der Waals surface area contributed by atoms with Gasteiger partial charge in [-0.05, 0) is 58.4 Å². The highest BCUT2D eigenvalue weighted by atomic mass is 16.6. The Bertz CT molecular complexity index is 644. The van der Waals surface area contributed by atoms with Crippen LogP contribution in [0, 0.1) is 5.92 Å². The topological polar surface area (TPSA) is 66.8 Å². The van der Waals surface area contributed by atoms with Gasteiger partial charge in [0.2, 0.25) is 0 Å². The predicted octanol–water partition coefficient (Wildman–Crippen LogP) is 4.42. The molecule has 1 aromatic rings. The number of aliphatic carboxylic acids is 1. The van der Waals surface area contributed by atoms with Crippen LogP contribution in [0.2, 0.25) is 0 Å². The van der Waals surface area contributed by atoms with Crippen LogP contribution in [0.1, 0.15) is 64.4 Å². The van der Waals surface area contributed by atoms with Crippen LogP contribution >= 0.6 is 0 Å². The number of carbonyl (C=O) groups excluding carboxylic acids is 1. The van der Waals surface area contributed by atoms with Crippen molar-refractivity contribution in [3.63, 3.8) is 0 Å². The number of carboxylic acid groups (broad SMARTS) is 1. The third kappa shape index (κ3) is 4.37. The number of hydrogen-bond acceptors (Lipinski definition) is 3. The Morgan fingerprint density at radius 1 is 1.08 bits per heavy atom. The molecule has 5 heteroatoms. The van der Waals surface area contributed by atoms with Crippen molar-refractivity contribution in [3.8, 4) is 0 Å².